The molecule has 2 aliphatic carbocycles. The molecule has 23 heavy (non-hydrogen) atoms. The van der Waals surface area contributed by atoms with Crippen LogP contribution in [0.4, 0.5) is 8.78 Å². The molecule has 0 aromatic carbocycles. The Balaban J connectivity index is 2.01. The highest BCUT2D eigenvalue weighted by Gasteiger charge is 2.49. The lowest BCUT2D eigenvalue weighted by atomic mass is 9.57. The number of hydrogen-bond donors (Lipinski definition) is 2. The molecule has 2 bridgehead atoms. The normalized spacial score (nSPS) is 34.9. The summed E-state index contributed by atoms with van der Waals surface area (Å²) in [5, 5.41) is 5.17. The Morgan fingerprint density at radius 1 is 1.30 bits per heavy atom. The third kappa shape index (κ3) is 4.00. The van der Waals surface area contributed by atoms with Gasteiger partial charge in [-0.3, -0.25) is 9.35 Å². The number of aliphatic hydroxyl groups excluding tert-OH is 1. The molecule has 4 atom stereocenters. The molecule has 4 unspecified atom stereocenters. The minimum atomic E-state index is -5.62. The molecule has 2 aliphatic rings. The average Bonchev–Trinajstić information content (AvgIpc) is 2.42. The van der Waals surface area contributed by atoms with Crippen LogP contribution in [0.2, 0.25) is 0 Å². The first kappa shape index (κ1) is 18.5. The molecule has 6 nitrogen and oxygen atoms in total. The fourth-order valence-corrected chi connectivity index (χ4v) is 4.45. The van der Waals surface area contributed by atoms with Gasteiger partial charge in [0, 0.05) is 6.61 Å². The second-order valence-electron chi connectivity index (χ2n) is 7.13. The lowest BCUT2D eigenvalue weighted by Gasteiger charge is -2.49. The topological polar surface area (TPSA) is 101 Å². The van der Waals surface area contributed by atoms with Crippen molar-refractivity contribution in [2.24, 2.45) is 23.2 Å². The first-order chi connectivity index (χ1) is 10.5. The minimum absolute atomic E-state index is 0.0706. The predicted molar refractivity (Wildman–Crippen MR) is 76.2 cm³/mol. The molecular formula is C14H22F2O6S. The lowest BCUT2D eigenvalue weighted by Crippen LogP contribution is -2.45. The zero-order valence-electron chi connectivity index (χ0n) is 12.9. The van der Waals surface area contributed by atoms with Gasteiger partial charge >= 0.3 is 21.3 Å². The van der Waals surface area contributed by atoms with Crippen molar-refractivity contribution in [3.05, 3.63) is 0 Å². The van der Waals surface area contributed by atoms with E-state index in [2.05, 4.69) is 11.7 Å². The van der Waals surface area contributed by atoms with Gasteiger partial charge in [0.15, 0.2) is 6.61 Å². The third-order valence-corrected chi connectivity index (χ3v) is 5.84. The molecule has 2 saturated carbocycles. The number of alkyl halides is 2. The molecule has 0 aliphatic heterocycles. The van der Waals surface area contributed by atoms with E-state index in [9.17, 15) is 27.1 Å². The van der Waals surface area contributed by atoms with Gasteiger partial charge in [-0.2, -0.15) is 17.2 Å². The van der Waals surface area contributed by atoms with Gasteiger partial charge in [-0.05, 0) is 49.4 Å². The van der Waals surface area contributed by atoms with Gasteiger partial charge in [0.05, 0.1) is 5.92 Å². The second-order valence-corrected chi connectivity index (χ2v) is 8.68. The summed E-state index contributed by atoms with van der Waals surface area (Å²) in [5.41, 5.74) is -0.393. The van der Waals surface area contributed by atoms with Crippen molar-refractivity contribution >= 4 is 16.1 Å². The zero-order valence-corrected chi connectivity index (χ0v) is 13.7. The Labute approximate surface area is 134 Å². The molecule has 134 valence electrons. The van der Waals surface area contributed by atoms with Crippen molar-refractivity contribution in [1.29, 1.82) is 0 Å². The molecule has 2 N–H and O–H groups in total. The van der Waals surface area contributed by atoms with E-state index in [-0.39, 0.29) is 12.5 Å². The average molecular weight is 356 g/mol. The van der Waals surface area contributed by atoms with Gasteiger partial charge in [-0.25, -0.2) is 0 Å². The van der Waals surface area contributed by atoms with Crippen LogP contribution in [0.25, 0.3) is 0 Å². The highest BCUT2D eigenvalue weighted by molar-refractivity contribution is 7.86. The zero-order chi connectivity index (χ0) is 17.5. The number of aliphatic hydroxyl groups is 1. The Hall–Kier alpha value is -0.800. The van der Waals surface area contributed by atoms with Gasteiger partial charge in [0.2, 0.25) is 0 Å². The number of rotatable bonds is 5. The summed E-state index contributed by atoms with van der Waals surface area (Å²) in [6, 6.07) is 0. The van der Waals surface area contributed by atoms with E-state index in [1.165, 1.54) is 0 Å². The number of hydrogen-bond acceptors (Lipinski definition) is 5. The fraction of sp³-hybridized carbons (Fsp3) is 0.929. The molecule has 2 rings (SSSR count). The Morgan fingerprint density at radius 3 is 2.52 bits per heavy atom. The van der Waals surface area contributed by atoms with Crippen molar-refractivity contribution in [1.82, 2.24) is 0 Å². The maximum atomic E-state index is 13.1. The van der Waals surface area contributed by atoms with Crippen molar-refractivity contribution in [3.63, 3.8) is 0 Å². The third-order valence-electron chi connectivity index (χ3n) is 4.96. The maximum Gasteiger partial charge on any atom is 0.402 e. The van der Waals surface area contributed by atoms with E-state index in [0.717, 1.165) is 19.3 Å². The Kier molecular flexibility index (Phi) is 5.04. The summed E-state index contributed by atoms with van der Waals surface area (Å²) >= 11 is 0. The molecule has 2 fully saturated rings. The van der Waals surface area contributed by atoms with Gasteiger partial charge in [-0.15, -0.1) is 0 Å². The van der Waals surface area contributed by atoms with Crippen molar-refractivity contribution < 1.29 is 36.4 Å². The van der Waals surface area contributed by atoms with Crippen molar-refractivity contribution in [2.45, 2.75) is 44.3 Å². The number of esters is 1. The number of halogens is 2. The first-order valence-corrected chi connectivity index (χ1v) is 9.04. The molecule has 0 amide bonds. The van der Waals surface area contributed by atoms with Crippen LogP contribution in [0.1, 0.15) is 39.0 Å². The molecule has 0 aromatic heterocycles. The van der Waals surface area contributed by atoms with Crippen molar-refractivity contribution in [3.8, 4) is 0 Å². The second kappa shape index (κ2) is 6.25. The Bertz CT molecular complexity index is 560. The fourth-order valence-electron chi connectivity index (χ4n) is 4.25. The molecule has 0 heterocycles. The number of ether oxygens (including phenoxy) is 1. The van der Waals surface area contributed by atoms with Gasteiger partial charge < -0.3 is 9.84 Å². The van der Waals surface area contributed by atoms with Crippen LogP contribution in [-0.2, 0) is 19.6 Å². The summed E-state index contributed by atoms with van der Waals surface area (Å²) in [4.78, 5) is 12.0. The van der Waals surface area contributed by atoms with Crippen LogP contribution in [0.3, 0.4) is 0 Å². The van der Waals surface area contributed by atoms with Crippen molar-refractivity contribution in [2.75, 3.05) is 13.2 Å². The highest BCUT2D eigenvalue weighted by atomic mass is 32.2. The molecule has 0 saturated heterocycles. The maximum absolute atomic E-state index is 13.1. The van der Waals surface area contributed by atoms with Crippen LogP contribution >= 0.6 is 0 Å². The monoisotopic (exact) mass is 356 g/mol. The van der Waals surface area contributed by atoms with Gasteiger partial charge in [0.1, 0.15) is 0 Å². The minimum Gasteiger partial charge on any atom is -0.458 e. The summed E-state index contributed by atoms with van der Waals surface area (Å²) in [6.07, 6.45) is 3.32. The van der Waals surface area contributed by atoms with E-state index < -0.39 is 39.3 Å². The van der Waals surface area contributed by atoms with Crippen LogP contribution < -0.4 is 0 Å². The molecule has 9 heteroatoms. The molecule has 0 radical (unpaired) electrons. The summed E-state index contributed by atoms with van der Waals surface area (Å²) < 4.78 is 60.1. The summed E-state index contributed by atoms with van der Waals surface area (Å²) in [6.45, 7) is 0.315. The SMILES string of the molecule is CC1CC2CC(C(=O)OCC(F)(F)S(=O)(=O)O)CC(CO)(C1)C2. The van der Waals surface area contributed by atoms with Crippen LogP contribution in [0, 0.1) is 23.2 Å². The standard InChI is InChI=1S/C14H22F2O6S/c1-9-2-10-3-11(6-13(4-9,5-10)7-17)12(18)22-8-14(15,16)23(19,20)21/h9-11,17H,2-8H2,1H3,(H,19,20,21). The van der Waals surface area contributed by atoms with Crippen LogP contribution in [0.5, 0.6) is 0 Å². The van der Waals surface area contributed by atoms with Gasteiger partial charge in [-0.1, -0.05) is 6.92 Å². The van der Waals surface area contributed by atoms with Crippen LogP contribution in [-0.4, -0.2) is 42.5 Å². The smallest absolute Gasteiger partial charge is 0.402 e. The summed E-state index contributed by atoms with van der Waals surface area (Å²) in [7, 11) is -5.62. The van der Waals surface area contributed by atoms with Gasteiger partial charge in [0.25, 0.3) is 0 Å². The number of fused-ring (bicyclic) bond motifs is 2. The van der Waals surface area contributed by atoms with E-state index in [1.807, 2.05) is 0 Å². The highest BCUT2D eigenvalue weighted by Crippen LogP contribution is 2.52. The lowest BCUT2D eigenvalue weighted by molar-refractivity contribution is -0.160. The largest absolute Gasteiger partial charge is 0.458 e. The summed E-state index contributed by atoms with van der Waals surface area (Å²) in [5.74, 6) is -0.878. The molecular weight excluding hydrogens is 334 g/mol. The molecule has 0 spiro atoms. The van der Waals surface area contributed by atoms with E-state index in [4.69, 9.17) is 4.55 Å². The molecule has 0 aromatic rings. The van der Waals surface area contributed by atoms with E-state index in [0.29, 0.717) is 18.8 Å². The number of carbonyl (C=O) groups is 1. The van der Waals surface area contributed by atoms with E-state index in [1.54, 1.807) is 0 Å². The van der Waals surface area contributed by atoms with Crippen LogP contribution in [0.15, 0.2) is 0 Å². The van der Waals surface area contributed by atoms with E-state index >= 15 is 0 Å². The first-order valence-electron chi connectivity index (χ1n) is 7.60. The Morgan fingerprint density at radius 2 is 1.96 bits per heavy atom. The number of carbonyl (C=O) groups excluding carboxylic acids is 1. The predicted octanol–water partition coefficient (Wildman–Crippen LogP) is 1.84. The quantitative estimate of drug-likeness (QED) is 0.576.